The molecule has 1 saturated carbocycles. The second kappa shape index (κ2) is 6.78. The van der Waals surface area contributed by atoms with Gasteiger partial charge >= 0.3 is 12.0 Å². The number of aliphatic carboxylic acids is 1. The molecule has 3 amide bonds. The van der Waals surface area contributed by atoms with Gasteiger partial charge in [0.2, 0.25) is 5.91 Å². The van der Waals surface area contributed by atoms with Gasteiger partial charge in [0.25, 0.3) is 0 Å². The highest BCUT2D eigenvalue weighted by Crippen LogP contribution is 2.42. The maximum Gasteiger partial charge on any atom is 0.326 e. The molecule has 118 valence electrons. The second-order valence-electron chi connectivity index (χ2n) is 5.73. The molecular formula is C14H23N3O4. The molecule has 2 rings (SSSR count). The van der Waals surface area contributed by atoms with Gasteiger partial charge in [0, 0.05) is 26.1 Å². The van der Waals surface area contributed by atoms with Crippen molar-refractivity contribution < 1.29 is 19.5 Å². The monoisotopic (exact) mass is 297 g/mol. The SMILES string of the molecule is CCNC(=O)CCNC(=O)N1CC2CCCC2C1C(=O)O. The fraction of sp³-hybridized carbons (Fsp3) is 0.786. The van der Waals surface area contributed by atoms with Crippen molar-refractivity contribution in [3.8, 4) is 0 Å². The average Bonchev–Trinajstić information content (AvgIpc) is 2.97. The summed E-state index contributed by atoms with van der Waals surface area (Å²) >= 11 is 0. The van der Waals surface area contributed by atoms with Gasteiger partial charge in [-0.15, -0.1) is 0 Å². The van der Waals surface area contributed by atoms with Gasteiger partial charge in [0.15, 0.2) is 0 Å². The number of nitrogens with one attached hydrogen (secondary N) is 2. The standard InChI is InChI=1S/C14H23N3O4/c1-2-15-11(18)6-7-16-14(21)17-8-9-4-3-5-10(9)12(17)13(19)20/h9-10,12H,2-8H2,1H3,(H,15,18)(H,16,21)(H,19,20). The van der Waals surface area contributed by atoms with E-state index in [0.29, 0.717) is 19.0 Å². The topological polar surface area (TPSA) is 98.7 Å². The molecule has 0 spiro atoms. The molecule has 3 unspecified atom stereocenters. The van der Waals surface area contributed by atoms with Gasteiger partial charge in [-0.2, -0.15) is 0 Å². The summed E-state index contributed by atoms with van der Waals surface area (Å²) in [6.07, 6.45) is 3.13. The minimum atomic E-state index is -0.928. The lowest BCUT2D eigenvalue weighted by molar-refractivity contribution is -0.142. The molecule has 7 heteroatoms. The number of carbonyl (C=O) groups is 3. The number of carboxylic acid groups (broad SMARTS) is 1. The highest BCUT2D eigenvalue weighted by atomic mass is 16.4. The van der Waals surface area contributed by atoms with Crippen LogP contribution >= 0.6 is 0 Å². The summed E-state index contributed by atoms with van der Waals surface area (Å²) in [5.74, 6) is -0.661. The van der Waals surface area contributed by atoms with E-state index >= 15 is 0 Å². The van der Waals surface area contributed by atoms with Crippen molar-refractivity contribution in [1.82, 2.24) is 15.5 Å². The Kier molecular flexibility index (Phi) is 5.03. The van der Waals surface area contributed by atoms with Crippen molar-refractivity contribution in [1.29, 1.82) is 0 Å². The zero-order chi connectivity index (χ0) is 15.4. The molecule has 0 aromatic heterocycles. The first-order valence-corrected chi connectivity index (χ1v) is 7.58. The van der Waals surface area contributed by atoms with Crippen LogP contribution in [-0.4, -0.2) is 53.6 Å². The lowest BCUT2D eigenvalue weighted by Crippen LogP contribution is -2.48. The van der Waals surface area contributed by atoms with E-state index in [0.717, 1.165) is 19.3 Å². The van der Waals surface area contributed by atoms with Crippen LogP contribution in [0.15, 0.2) is 0 Å². The molecule has 21 heavy (non-hydrogen) atoms. The predicted molar refractivity (Wildman–Crippen MR) is 75.7 cm³/mol. The summed E-state index contributed by atoms with van der Waals surface area (Å²) < 4.78 is 0. The Morgan fingerprint density at radius 2 is 2.00 bits per heavy atom. The van der Waals surface area contributed by atoms with Crippen LogP contribution in [0.5, 0.6) is 0 Å². The number of carboxylic acids is 1. The van der Waals surface area contributed by atoms with Crippen molar-refractivity contribution in [2.24, 2.45) is 11.8 Å². The summed E-state index contributed by atoms with van der Waals surface area (Å²) in [6, 6.07) is -1.09. The number of hydrogen-bond donors (Lipinski definition) is 3. The van der Waals surface area contributed by atoms with Gasteiger partial charge in [-0.1, -0.05) is 6.42 Å². The molecule has 0 radical (unpaired) electrons. The van der Waals surface area contributed by atoms with Crippen LogP contribution < -0.4 is 10.6 Å². The van der Waals surface area contributed by atoms with Crippen LogP contribution in [-0.2, 0) is 9.59 Å². The van der Waals surface area contributed by atoms with Crippen LogP contribution in [0.4, 0.5) is 4.79 Å². The molecular weight excluding hydrogens is 274 g/mol. The lowest BCUT2D eigenvalue weighted by atomic mass is 9.94. The lowest BCUT2D eigenvalue weighted by Gasteiger charge is -2.24. The average molecular weight is 297 g/mol. The van der Waals surface area contributed by atoms with Gasteiger partial charge < -0.3 is 20.6 Å². The highest BCUT2D eigenvalue weighted by Gasteiger charge is 2.49. The summed E-state index contributed by atoms with van der Waals surface area (Å²) in [7, 11) is 0. The van der Waals surface area contributed by atoms with Crippen molar-refractivity contribution in [3.63, 3.8) is 0 Å². The van der Waals surface area contributed by atoms with Crippen molar-refractivity contribution in [2.45, 2.75) is 38.6 Å². The molecule has 3 atom stereocenters. The van der Waals surface area contributed by atoms with E-state index in [4.69, 9.17) is 0 Å². The number of carbonyl (C=O) groups excluding carboxylic acids is 2. The number of fused-ring (bicyclic) bond motifs is 1. The Bertz CT molecular complexity index is 426. The van der Waals surface area contributed by atoms with Crippen molar-refractivity contribution in [2.75, 3.05) is 19.6 Å². The molecule has 2 fully saturated rings. The van der Waals surface area contributed by atoms with Gasteiger partial charge in [0.1, 0.15) is 6.04 Å². The molecule has 0 aromatic carbocycles. The molecule has 1 aliphatic heterocycles. The van der Waals surface area contributed by atoms with E-state index in [1.54, 1.807) is 0 Å². The quantitative estimate of drug-likeness (QED) is 0.684. The fourth-order valence-corrected chi connectivity index (χ4v) is 3.50. The van der Waals surface area contributed by atoms with Crippen LogP contribution in [0, 0.1) is 11.8 Å². The van der Waals surface area contributed by atoms with E-state index in [2.05, 4.69) is 10.6 Å². The Hall–Kier alpha value is -1.79. The van der Waals surface area contributed by atoms with E-state index in [1.807, 2.05) is 6.92 Å². The fourth-order valence-electron chi connectivity index (χ4n) is 3.50. The zero-order valence-corrected chi connectivity index (χ0v) is 12.3. The second-order valence-corrected chi connectivity index (χ2v) is 5.73. The Labute approximate surface area is 124 Å². The normalized spacial score (nSPS) is 27.3. The first-order valence-electron chi connectivity index (χ1n) is 7.58. The highest BCUT2D eigenvalue weighted by molar-refractivity contribution is 5.84. The summed E-state index contributed by atoms with van der Waals surface area (Å²) in [5, 5.41) is 14.7. The van der Waals surface area contributed by atoms with Crippen molar-refractivity contribution >= 4 is 17.9 Å². The maximum atomic E-state index is 12.2. The number of hydrogen-bond acceptors (Lipinski definition) is 3. The van der Waals surface area contributed by atoms with Gasteiger partial charge in [0.05, 0.1) is 0 Å². The summed E-state index contributed by atoms with van der Waals surface area (Å²) in [5.41, 5.74) is 0. The smallest absolute Gasteiger partial charge is 0.326 e. The number of nitrogens with zero attached hydrogens (tertiary/aromatic N) is 1. The zero-order valence-electron chi connectivity index (χ0n) is 12.3. The maximum absolute atomic E-state index is 12.2. The molecule has 1 saturated heterocycles. The van der Waals surface area contributed by atoms with Gasteiger partial charge in [-0.25, -0.2) is 9.59 Å². The molecule has 7 nitrogen and oxygen atoms in total. The van der Waals surface area contributed by atoms with E-state index in [-0.39, 0.29) is 30.8 Å². The van der Waals surface area contributed by atoms with Crippen molar-refractivity contribution in [3.05, 3.63) is 0 Å². The Morgan fingerprint density at radius 1 is 1.24 bits per heavy atom. The molecule has 2 aliphatic rings. The summed E-state index contributed by atoms with van der Waals surface area (Å²) in [6.45, 7) is 3.12. The van der Waals surface area contributed by atoms with Gasteiger partial charge in [-0.05, 0) is 31.6 Å². The number of amides is 3. The Balaban J connectivity index is 1.86. The van der Waals surface area contributed by atoms with Crippen LogP contribution in [0.25, 0.3) is 0 Å². The first-order chi connectivity index (χ1) is 10.0. The third-order valence-electron chi connectivity index (χ3n) is 4.41. The number of rotatable bonds is 5. The molecule has 3 N–H and O–H groups in total. The summed E-state index contributed by atoms with van der Waals surface area (Å²) in [4.78, 5) is 36.3. The molecule has 1 heterocycles. The first kappa shape index (κ1) is 15.6. The number of urea groups is 1. The third kappa shape index (κ3) is 3.46. The van der Waals surface area contributed by atoms with E-state index in [1.165, 1.54) is 4.90 Å². The van der Waals surface area contributed by atoms with Gasteiger partial charge in [-0.3, -0.25) is 4.79 Å². The Morgan fingerprint density at radius 3 is 2.67 bits per heavy atom. The minimum Gasteiger partial charge on any atom is -0.480 e. The van der Waals surface area contributed by atoms with Crippen LogP contribution in [0.1, 0.15) is 32.6 Å². The molecule has 0 aromatic rings. The molecule has 1 aliphatic carbocycles. The third-order valence-corrected chi connectivity index (χ3v) is 4.41. The minimum absolute atomic E-state index is 0.0802. The van der Waals surface area contributed by atoms with Crippen LogP contribution in [0.2, 0.25) is 0 Å². The van der Waals surface area contributed by atoms with Crippen LogP contribution in [0.3, 0.4) is 0 Å². The predicted octanol–water partition coefficient (Wildman–Crippen LogP) is 0.407. The molecule has 0 bridgehead atoms. The largest absolute Gasteiger partial charge is 0.480 e. The number of likely N-dealkylation sites (tertiary alicyclic amines) is 1. The van der Waals surface area contributed by atoms with E-state index in [9.17, 15) is 19.5 Å². The van der Waals surface area contributed by atoms with E-state index < -0.39 is 12.0 Å².